The van der Waals surface area contributed by atoms with Crippen molar-refractivity contribution >= 4 is 22.6 Å². The number of anilines is 1. The van der Waals surface area contributed by atoms with Gasteiger partial charge in [0.2, 0.25) is 0 Å². The number of carbonyl (C=O) groups excluding carboxylic acids is 1. The molecule has 5 nitrogen and oxygen atoms in total. The number of aromatic nitrogens is 1. The smallest absolute Gasteiger partial charge is 0.340 e. The van der Waals surface area contributed by atoms with Crippen LogP contribution in [0.25, 0.3) is 10.9 Å². The molecule has 0 atom stereocenters. The van der Waals surface area contributed by atoms with Gasteiger partial charge >= 0.3 is 5.97 Å². The number of rotatable bonds is 5. The van der Waals surface area contributed by atoms with E-state index in [2.05, 4.69) is 35.2 Å². The number of hydrogen-bond acceptors (Lipinski definition) is 4. The molecule has 2 aromatic carbocycles. The third-order valence-corrected chi connectivity index (χ3v) is 5.72. The molecule has 0 saturated carbocycles. The number of hydrogen-bond donors (Lipinski definition) is 1. The molecular formula is C24H28N3O2+. The molecule has 0 bridgehead atoms. The lowest BCUT2D eigenvalue weighted by molar-refractivity contribution is -0.914. The van der Waals surface area contributed by atoms with Crippen LogP contribution >= 0.6 is 0 Å². The SMILES string of the molecule is CCOC(=O)c1c(C[NH+]2CCN(c3ccccc3)CC2)nc2ccccc2c1C. The van der Waals surface area contributed by atoms with Gasteiger partial charge in [-0.05, 0) is 37.6 Å². The normalized spacial score (nSPS) is 14.9. The molecule has 1 saturated heterocycles. The highest BCUT2D eigenvalue weighted by Crippen LogP contribution is 2.23. The molecule has 0 unspecified atom stereocenters. The number of ether oxygens (including phenoxy) is 1. The van der Waals surface area contributed by atoms with Gasteiger partial charge in [-0.15, -0.1) is 0 Å². The largest absolute Gasteiger partial charge is 0.462 e. The molecule has 1 aliphatic heterocycles. The molecule has 1 N–H and O–H groups in total. The van der Waals surface area contributed by atoms with E-state index in [4.69, 9.17) is 9.72 Å². The van der Waals surface area contributed by atoms with Crippen LogP contribution in [0.5, 0.6) is 0 Å². The van der Waals surface area contributed by atoms with Gasteiger partial charge in [-0.2, -0.15) is 0 Å². The lowest BCUT2D eigenvalue weighted by atomic mass is 10.0. The maximum Gasteiger partial charge on any atom is 0.340 e. The Balaban J connectivity index is 1.57. The Labute approximate surface area is 171 Å². The van der Waals surface area contributed by atoms with Gasteiger partial charge in [0.15, 0.2) is 0 Å². The van der Waals surface area contributed by atoms with Crippen LogP contribution in [0.1, 0.15) is 28.5 Å². The Hall–Kier alpha value is -2.92. The minimum absolute atomic E-state index is 0.263. The topological polar surface area (TPSA) is 46.9 Å². The molecule has 3 aromatic rings. The number of esters is 1. The minimum Gasteiger partial charge on any atom is -0.462 e. The van der Waals surface area contributed by atoms with Crippen molar-refractivity contribution in [3.8, 4) is 0 Å². The first kappa shape index (κ1) is 19.4. The van der Waals surface area contributed by atoms with Gasteiger partial charge in [0.05, 0.1) is 43.9 Å². The summed E-state index contributed by atoms with van der Waals surface area (Å²) in [7, 11) is 0. The Kier molecular flexibility index (Phi) is 5.76. The summed E-state index contributed by atoms with van der Waals surface area (Å²) in [6, 6.07) is 18.6. The predicted molar refractivity (Wildman–Crippen MR) is 115 cm³/mol. The molecule has 1 aromatic heterocycles. The highest BCUT2D eigenvalue weighted by Gasteiger charge is 2.26. The van der Waals surface area contributed by atoms with Crippen LogP contribution in [0.4, 0.5) is 5.69 Å². The fourth-order valence-electron chi connectivity index (χ4n) is 4.18. The summed E-state index contributed by atoms with van der Waals surface area (Å²) in [6.07, 6.45) is 0. The number of nitrogens with zero attached hydrogens (tertiary/aromatic N) is 2. The van der Waals surface area contributed by atoms with Crippen molar-refractivity contribution < 1.29 is 14.4 Å². The Morgan fingerprint density at radius 1 is 1.07 bits per heavy atom. The van der Waals surface area contributed by atoms with Crippen LogP contribution in [0.15, 0.2) is 54.6 Å². The lowest BCUT2D eigenvalue weighted by Gasteiger charge is -2.33. The van der Waals surface area contributed by atoms with Gasteiger partial charge in [0.1, 0.15) is 12.2 Å². The van der Waals surface area contributed by atoms with Crippen molar-refractivity contribution in [2.24, 2.45) is 0 Å². The average molecular weight is 391 g/mol. The summed E-state index contributed by atoms with van der Waals surface area (Å²) in [5.74, 6) is -0.263. The van der Waals surface area contributed by atoms with Gasteiger partial charge in [0, 0.05) is 11.1 Å². The quantitative estimate of drug-likeness (QED) is 0.681. The van der Waals surface area contributed by atoms with Gasteiger partial charge < -0.3 is 14.5 Å². The van der Waals surface area contributed by atoms with E-state index in [0.29, 0.717) is 12.2 Å². The number of piperazine rings is 1. The second kappa shape index (κ2) is 8.62. The molecule has 0 spiro atoms. The molecule has 1 fully saturated rings. The lowest BCUT2D eigenvalue weighted by Crippen LogP contribution is -3.13. The molecule has 2 heterocycles. The molecular weight excluding hydrogens is 362 g/mol. The van der Waals surface area contributed by atoms with Crippen LogP contribution in [0.2, 0.25) is 0 Å². The van der Waals surface area contributed by atoms with Gasteiger partial charge in [-0.1, -0.05) is 36.4 Å². The van der Waals surface area contributed by atoms with Crippen molar-refractivity contribution in [3.63, 3.8) is 0 Å². The third-order valence-electron chi connectivity index (χ3n) is 5.72. The maximum atomic E-state index is 12.7. The number of para-hydroxylation sites is 2. The first-order valence-electron chi connectivity index (χ1n) is 10.4. The highest BCUT2D eigenvalue weighted by molar-refractivity contribution is 5.98. The minimum atomic E-state index is -0.263. The molecule has 0 aliphatic carbocycles. The number of nitrogens with one attached hydrogen (secondary N) is 1. The van der Waals surface area contributed by atoms with E-state index in [9.17, 15) is 4.79 Å². The van der Waals surface area contributed by atoms with Crippen molar-refractivity contribution in [2.45, 2.75) is 20.4 Å². The molecule has 4 rings (SSSR count). The summed E-state index contributed by atoms with van der Waals surface area (Å²) in [5.41, 5.74) is 4.67. The van der Waals surface area contributed by atoms with Crippen molar-refractivity contribution in [2.75, 3.05) is 37.7 Å². The monoisotopic (exact) mass is 390 g/mol. The second-order valence-electron chi connectivity index (χ2n) is 7.55. The maximum absolute atomic E-state index is 12.7. The zero-order valence-electron chi connectivity index (χ0n) is 17.1. The zero-order valence-corrected chi connectivity index (χ0v) is 17.1. The number of pyridine rings is 1. The summed E-state index contributed by atoms with van der Waals surface area (Å²) < 4.78 is 5.37. The Morgan fingerprint density at radius 2 is 1.76 bits per heavy atom. The average Bonchev–Trinajstić information content (AvgIpc) is 2.75. The van der Waals surface area contributed by atoms with Gasteiger partial charge in [0.25, 0.3) is 0 Å². The van der Waals surface area contributed by atoms with Crippen LogP contribution in [0, 0.1) is 6.92 Å². The van der Waals surface area contributed by atoms with E-state index >= 15 is 0 Å². The predicted octanol–water partition coefficient (Wildman–Crippen LogP) is 2.63. The van der Waals surface area contributed by atoms with E-state index in [1.165, 1.54) is 10.6 Å². The molecule has 0 amide bonds. The van der Waals surface area contributed by atoms with Crippen LogP contribution in [-0.2, 0) is 11.3 Å². The summed E-state index contributed by atoms with van der Waals surface area (Å²) in [5, 5.41) is 1.02. The fraction of sp³-hybridized carbons (Fsp3) is 0.333. The molecule has 1 aliphatic rings. The summed E-state index contributed by atoms with van der Waals surface area (Å²) >= 11 is 0. The number of benzene rings is 2. The highest BCUT2D eigenvalue weighted by atomic mass is 16.5. The van der Waals surface area contributed by atoms with Crippen molar-refractivity contribution in [1.29, 1.82) is 0 Å². The van der Waals surface area contributed by atoms with E-state index in [1.54, 1.807) is 0 Å². The second-order valence-corrected chi connectivity index (χ2v) is 7.55. The van der Waals surface area contributed by atoms with Crippen molar-refractivity contribution in [3.05, 3.63) is 71.4 Å². The van der Waals surface area contributed by atoms with Gasteiger partial charge in [-0.25, -0.2) is 9.78 Å². The Bertz CT molecular complexity index is 996. The molecule has 150 valence electrons. The first-order chi connectivity index (χ1) is 14.2. The fourth-order valence-corrected chi connectivity index (χ4v) is 4.18. The molecule has 5 heteroatoms. The van der Waals surface area contributed by atoms with Crippen LogP contribution < -0.4 is 9.80 Å². The van der Waals surface area contributed by atoms with Crippen molar-refractivity contribution in [1.82, 2.24) is 4.98 Å². The van der Waals surface area contributed by atoms with Crippen LogP contribution in [-0.4, -0.2) is 43.7 Å². The number of quaternary nitrogens is 1. The first-order valence-corrected chi connectivity index (χ1v) is 10.4. The number of aryl methyl sites for hydroxylation is 1. The van der Waals surface area contributed by atoms with E-state index < -0.39 is 0 Å². The zero-order chi connectivity index (χ0) is 20.2. The standard InChI is InChI=1S/C24H27N3O2/c1-3-29-24(28)23-18(2)20-11-7-8-12-21(20)25-22(23)17-26-13-15-27(16-14-26)19-9-5-4-6-10-19/h4-12H,3,13-17H2,1-2H3/p+1. The summed E-state index contributed by atoms with van der Waals surface area (Å²) in [6.45, 7) is 8.99. The molecule has 0 radical (unpaired) electrons. The number of fused-ring (bicyclic) bond motifs is 1. The third kappa shape index (κ3) is 4.10. The van der Waals surface area contributed by atoms with E-state index in [1.807, 2.05) is 38.1 Å². The Morgan fingerprint density at radius 3 is 2.48 bits per heavy atom. The summed E-state index contributed by atoms with van der Waals surface area (Å²) in [4.78, 5) is 21.5. The number of carbonyl (C=O) groups is 1. The van der Waals surface area contributed by atoms with Gasteiger partial charge in [-0.3, -0.25) is 0 Å². The van der Waals surface area contributed by atoms with E-state index in [0.717, 1.165) is 54.9 Å². The molecule has 29 heavy (non-hydrogen) atoms. The van der Waals surface area contributed by atoms with E-state index in [-0.39, 0.29) is 5.97 Å². The van der Waals surface area contributed by atoms with Crippen LogP contribution in [0.3, 0.4) is 0 Å².